The number of likely N-dealkylation sites (N-methyl/N-ethyl adjacent to an activating group) is 2. The molecule has 8 rings (SSSR count). The van der Waals surface area contributed by atoms with E-state index in [9.17, 15) is 38.2 Å². The Labute approximate surface area is 341 Å². The van der Waals surface area contributed by atoms with Gasteiger partial charge in [0.25, 0.3) is 17.7 Å². The molecule has 60 heavy (non-hydrogen) atoms. The lowest BCUT2D eigenvalue weighted by molar-refractivity contribution is -0.138. The first-order valence-electron chi connectivity index (χ1n) is 18.1. The number of rotatable bonds is 4. The van der Waals surface area contributed by atoms with Crippen LogP contribution in [0, 0.1) is 35.3 Å². The second-order valence-electron chi connectivity index (χ2n) is 14.0. The zero-order valence-electron chi connectivity index (χ0n) is 32.6. The Hall–Kier alpha value is -7.44. The summed E-state index contributed by atoms with van der Waals surface area (Å²) in [6, 6.07) is 21.8. The van der Waals surface area contributed by atoms with Crippen molar-refractivity contribution in [3.63, 3.8) is 0 Å². The minimum Gasteiger partial charge on any atom is -0.464 e. The van der Waals surface area contributed by atoms with Crippen molar-refractivity contribution in [2.75, 3.05) is 34.3 Å². The maximum absolute atomic E-state index is 13.7. The van der Waals surface area contributed by atoms with Crippen LogP contribution in [0.15, 0.2) is 84.9 Å². The summed E-state index contributed by atoms with van der Waals surface area (Å²) in [6.07, 6.45) is 0.485. The monoisotopic (exact) mass is 816 g/mol. The van der Waals surface area contributed by atoms with E-state index in [-0.39, 0.29) is 30.4 Å². The average Bonchev–Trinajstić information content (AvgIpc) is 3.95. The molecule has 2 saturated heterocycles. The summed E-state index contributed by atoms with van der Waals surface area (Å²) in [5, 5.41) is 30.1. The van der Waals surface area contributed by atoms with E-state index in [1.807, 2.05) is 0 Å². The van der Waals surface area contributed by atoms with Crippen molar-refractivity contribution in [3.05, 3.63) is 119 Å². The van der Waals surface area contributed by atoms with Crippen LogP contribution in [0.5, 0.6) is 0 Å². The molecule has 2 aliphatic rings. The van der Waals surface area contributed by atoms with E-state index in [1.54, 1.807) is 62.6 Å². The molecular formula is C43H38F2N8O7. The number of nitrogens with zero attached hydrogens (tertiary/aromatic N) is 6. The second-order valence-corrected chi connectivity index (χ2v) is 14.0. The maximum Gasteiger partial charge on any atom is 0.359 e. The molecule has 306 valence electrons. The fourth-order valence-electron chi connectivity index (χ4n) is 6.73. The predicted octanol–water partition coefficient (Wildman–Crippen LogP) is 3.27. The van der Waals surface area contributed by atoms with Gasteiger partial charge in [0, 0.05) is 61.9 Å². The summed E-state index contributed by atoms with van der Waals surface area (Å²) < 4.78 is 35.1. The Morgan fingerprint density at radius 1 is 0.717 bits per heavy atom. The third kappa shape index (κ3) is 8.00. The van der Waals surface area contributed by atoms with Gasteiger partial charge in [0.1, 0.15) is 11.6 Å². The fourth-order valence-corrected chi connectivity index (χ4v) is 6.73. The summed E-state index contributed by atoms with van der Waals surface area (Å²) in [4.78, 5) is 50.8. The van der Waals surface area contributed by atoms with E-state index in [0.29, 0.717) is 57.4 Å². The smallest absolute Gasteiger partial charge is 0.359 e. The van der Waals surface area contributed by atoms with Gasteiger partial charge >= 0.3 is 5.97 Å². The van der Waals surface area contributed by atoms with Crippen molar-refractivity contribution in [3.8, 4) is 35.1 Å². The lowest BCUT2D eigenvalue weighted by Crippen LogP contribution is -2.37. The number of ether oxygens (including phenoxy) is 1. The molecule has 0 saturated carbocycles. The number of halogens is 2. The van der Waals surface area contributed by atoms with Crippen LogP contribution in [0.3, 0.4) is 0 Å². The van der Waals surface area contributed by atoms with Crippen LogP contribution in [0.4, 0.5) is 8.78 Å². The Kier molecular flexibility index (Phi) is 11.6. The summed E-state index contributed by atoms with van der Waals surface area (Å²) >= 11 is 0. The SMILES string of the molecule is CN1CC[C@@](O)(C#Cc2cccc(-n3nc(C(N)=O)c4cc(F)ccc43)c2)C1=O.COC(=O)c1nn(-c2cccc(C#C[C@]3(O)CCN(C)C3=O)c2)c2ccc(F)cc12.N. The number of benzene rings is 4. The molecule has 2 aromatic heterocycles. The molecule has 17 heteroatoms. The van der Waals surface area contributed by atoms with Crippen LogP contribution in [-0.4, -0.2) is 109 Å². The lowest BCUT2D eigenvalue weighted by Gasteiger charge is -2.13. The molecule has 0 bridgehead atoms. The van der Waals surface area contributed by atoms with Crippen molar-refractivity contribution in [1.82, 2.24) is 35.5 Å². The molecule has 0 radical (unpaired) electrons. The molecule has 4 heterocycles. The Bertz CT molecular complexity index is 2850. The third-order valence-corrected chi connectivity index (χ3v) is 9.92. The number of primary amides is 1. The number of aliphatic hydroxyl groups is 2. The molecule has 2 atom stereocenters. The number of esters is 1. The van der Waals surface area contributed by atoms with Crippen LogP contribution in [0.2, 0.25) is 0 Å². The van der Waals surface area contributed by atoms with Gasteiger partial charge in [0.2, 0.25) is 11.2 Å². The maximum atomic E-state index is 13.7. The number of nitrogens with two attached hydrogens (primary N) is 1. The highest BCUT2D eigenvalue weighted by Gasteiger charge is 2.43. The normalized spacial score (nSPS) is 18.2. The second kappa shape index (κ2) is 16.4. The lowest BCUT2D eigenvalue weighted by atomic mass is 10.0. The predicted molar refractivity (Wildman–Crippen MR) is 215 cm³/mol. The van der Waals surface area contributed by atoms with Gasteiger partial charge in [0.05, 0.1) is 29.5 Å². The molecule has 3 amide bonds. The number of hydrogen-bond acceptors (Lipinski definition) is 10. The first-order valence-corrected chi connectivity index (χ1v) is 18.1. The first-order chi connectivity index (χ1) is 28.1. The van der Waals surface area contributed by atoms with Gasteiger partial charge in [-0.3, -0.25) is 14.4 Å². The Balaban J connectivity index is 0.000000198. The fraction of sp³-hybridized carbons (Fsp3) is 0.209. The number of fused-ring (bicyclic) bond motifs is 2. The van der Waals surface area contributed by atoms with Crippen LogP contribution < -0.4 is 11.9 Å². The van der Waals surface area contributed by atoms with Gasteiger partial charge in [-0.2, -0.15) is 10.2 Å². The number of methoxy groups -OCH3 is 1. The minimum absolute atomic E-state index is 0. The quantitative estimate of drug-likeness (QED) is 0.150. The van der Waals surface area contributed by atoms with Crippen molar-refractivity contribution in [2.24, 2.45) is 5.73 Å². The molecule has 2 aliphatic heterocycles. The number of likely N-dealkylation sites (tertiary alicyclic amines) is 2. The Morgan fingerprint density at radius 3 is 1.55 bits per heavy atom. The van der Waals surface area contributed by atoms with Gasteiger partial charge in [-0.15, -0.1) is 0 Å². The van der Waals surface area contributed by atoms with Crippen LogP contribution in [0.25, 0.3) is 33.2 Å². The number of amides is 3. The van der Waals surface area contributed by atoms with Crippen LogP contribution in [-0.2, 0) is 14.3 Å². The first kappa shape index (κ1) is 42.2. The minimum atomic E-state index is -1.70. The highest BCUT2D eigenvalue weighted by Crippen LogP contribution is 2.27. The number of carbonyl (C=O) groups is 4. The number of hydrogen-bond donors (Lipinski definition) is 4. The molecule has 0 unspecified atom stereocenters. The van der Waals surface area contributed by atoms with Gasteiger partial charge in [-0.25, -0.2) is 22.9 Å². The molecule has 4 aromatic carbocycles. The van der Waals surface area contributed by atoms with E-state index in [1.165, 1.54) is 62.7 Å². The van der Waals surface area contributed by atoms with E-state index in [2.05, 4.69) is 33.9 Å². The van der Waals surface area contributed by atoms with E-state index in [0.717, 1.165) is 0 Å². The largest absolute Gasteiger partial charge is 0.464 e. The van der Waals surface area contributed by atoms with E-state index in [4.69, 9.17) is 10.5 Å². The standard InChI is InChI=1S/C22H18FN3O4.C21H17FN4O3.H3N/c1-25-11-10-22(29,21(25)28)9-8-14-4-3-5-16(12-14)26-18-7-6-15(23)13-17(18)19(24-26)20(27)30-2;1-25-10-9-21(29,20(25)28)8-7-13-3-2-4-15(11-13)26-17-6-5-14(22)12-16(17)18(24-26)19(23)27;/h3-7,12-13,29H,10-11H2,1-2H3;2-6,11-12,29H,9-10H2,1H3,(H2,23,27);1H3/t22-;21-;/m00./s1. The van der Waals surface area contributed by atoms with Crippen molar-refractivity contribution in [2.45, 2.75) is 24.0 Å². The van der Waals surface area contributed by atoms with Crippen LogP contribution >= 0.6 is 0 Å². The molecule has 2 fully saturated rings. The van der Waals surface area contributed by atoms with Gasteiger partial charge in [-0.05, 0) is 72.8 Å². The summed E-state index contributed by atoms with van der Waals surface area (Å²) in [5.74, 6) is 7.74. The average molecular weight is 817 g/mol. The highest BCUT2D eigenvalue weighted by atomic mass is 19.1. The van der Waals surface area contributed by atoms with Gasteiger partial charge in [-0.1, -0.05) is 35.8 Å². The molecule has 7 N–H and O–H groups in total. The number of aromatic nitrogens is 4. The molecule has 6 aromatic rings. The third-order valence-electron chi connectivity index (χ3n) is 9.92. The Morgan fingerprint density at radius 2 is 1.15 bits per heavy atom. The van der Waals surface area contributed by atoms with Crippen molar-refractivity contribution in [1.29, 1.82) is 0 Å². The van der Waals surface area contributed by atoms with Crippen LogP contribution in [0.1, 0.15) is 44.9 Å². The molecule has 0 spiro atoms. The summed E-state index contributed by atoms with van der Waals surface area (Å²) in [5.41, 5.74) is 5.23. The summed E-state index contributed by atoms with van der Waals surface area (Å²) in [7, 11) is 4.47. The topological polar surface area (TPSA) is 221 Å². The molecule has 15 nitrogen and oxygen atoms in total. The van der Waals surface area contributed by atoms with Crippen molar-refractivity contribution >= 4 is 45.5 Å². The molecule has 0 aliphatic carbocycles. The highest BCUT2D eigenvalue weighted by molar-refractivity contribution is 6.04. The zero-order chi connectivity index (χ0) is 42.2. The van der Waals surface area contributed by atoms with Gasteiger partial charge in [0.15, 0.2) is 11.4 Å². The molecular weight excluding hydrogens is 779 g/mol. The van der Waals surface area contributed by atoms with E-state index < -0.39 is 46.5 Å². The van der Waals surface area contributed by atoms with Gasteiger partial charge < -0.3 is 36.6 Å². The van der Waals surface area contributed by atoms with E-state index >= 15 is 0 Å². The summed E-state index contributed by atoms with van der Waals surface area (Å²) in [6.45, 7) is 0.881. The zero-order valence-corrected chi connectivity index (χ0v) is 32.6. The van der Waals surface area contributed by atoms with Crippen molar-refractivity contribution < 1.29 is 42.9 Å². The number of carbonyl (C=O) groups excluding carboxylic acids is 4.